The molecular formula is C13H20BrN3. The molecule has 17 heavy (non-hydrogen) atoms. The summed E-state index contributed by atoms with van der Waals surface area (Å²) in [6, 6.07) is 0. The summed E-state index contributed by atoms with van der Waals surface area (Å²) in [5.41, 5.74) is 1.20. The van der Waals surface area contributed by atoms with Crippen molar-refractivity contribution in [2.75, 3.05) is 12.4 Å². The van der Waals surface area contributed by atoms with Crippen LogP contribution in [0.4, 0.5) is 5.82 Å². The number of hydrogen-bond donors (Lipinski definition) is 1. The van der Waals surface area contributed by atoms with E-state index in [9.17, 15) is 0 Å². The monoisotopic (exact) mass is 297 g/mol. The second-order valence-electron chi connectivity index (χ2n) is 5.14. The third-order valence-electron chi connectivity index (χ3n) is 3.07. The van der Waals surface area contributed by atoms with Crippen LogP contribution in [0.3, 0.4) is 0 Å². The Morgan fingerprint density at radius 1 is 1.35 bits per heavy atom. The molecule has 94 valence electrons. The predicted octanol–water partition coefficient (Wildman–Crippen LogP) is 3.75. The van der Waals surface area contributed by atoms with E-state index in [4.69, 9.17) is 4.98 Å². The number of halogens is 1. The maximum atomic E-state index is 4.72. The minimum Gasteiger partial charge on any atom is -0.372 e. The molecule has 0 atom stereocenters. The van der Waals surface area contributed by atoms with E-state index in [1.807, 2.05) is 7.05 Å². The lowest BCUT2D eigenvalue weighted by Crippen LogP contribution is -2.06. The van der Waals surface area contributed by atoms with Crippen LogP contribution in [0.15, 0.2) is 4.47 Å². The van der Waals surface area contributed by atoms with Crippen LogP contribution in [0, 0.1) is 5.92 Å². The van der Waals surface area contributed by atoms with E-state index in [0.717, 1.165) is 29.0 Å². The van der Waals surface area contributed by atoms with Crippen molar-refractivity contribution < 1.29 is 0 Å². The molecule has 1 aromatic rings. The topological polar surface area (TPSA) is 37.8 Å². The van der Waals surface area contributed by atoms with Crippen molar-refractivity contribution in [1.82, 2.24) is 9.97 Å². The Kier molecular flexibility index (Phi) is 4.02. The molecule has 1 fully saturated rings. The highest BCUT2D eigenvalue weighted by Crippen LogP contribution is 2.43. The zero-order valence-electron chi connectivity index (χ0n) is 10.8. The molecule has 1 aromatic heterocycles. The van der Waals surface area contributed by atoms with Crippen molar-refractivity contribution in [3.05, 3.63) is 16.0 Å². The minimum absolute atomic E-state index is 0.650. The molecule has 0 saturated heterocycles. The van der Waals surface area contributed by atoms with Gasteiger partial charge >= 0.3 is 0 Å². The molecule has 0 spiro atoms. The van der Waals surface area contributed by atoms with Crippen molar-refractivity contribution in [2.45, 2.75) is 45.4 Å². The number of aromatic nitrogens is 2. The van der Waals surface area contributed by atoms with Gasteiger partial charge in [0.25, 0.3) is 0 Å². The lowest BCUT2D eigenvalue weighted by atomic mass is 10.1. The van der Waals surface area contributed by atoms with Crippen LogP contribution < -0.4 is 5.32 Å². The molecular weight excluding hydrogens is 278 g/mol. The van der Waals surface area contributed by atoms with Gasteiger partial charge in [-0.15, -0.1) is 0 Å². The second-order valence-corrected chi connectivity index (χ2v) is 5.94. The first kappa shape index (κ1) is 12.8. The molecule has 1 N–H and O–H groups in total. The Morgan fingerprint density at radius 2 is 2.06 bits per heavy atom. The largest absolute Gasteiger partial charge is 0.372 e. The molecule has 4 heteroatoms. The fraction of sp³-hybridized carbons (Fsp3) is 0.692. The average molecular weight is 298 g/mol. The van der Waals surface area contributed by atoms with E-state index in [1.165, 1.54) is 18.5 Å². The number of hydrogen-bond acceptors (Lipinski definition) is 3. The van der Waals surface area contributed by atoms with Gasteiger partial charge in [-0.25, -0.2) is 9.97 Å². The third-order valence-corrected chi connectivity index (χ3v) is 3.85. The highest BCUT2D eigenvalue weighted by molar-refractivity contribution is 9.10. The maximum absolute atomic E-state index is 4.72. The standard InChI is InChI=1S/C13H20BrN3/c1-8(2)4-7-10-16-12(9-5-6-9)11(14)13(15-3)17-10/h8-9H,4-7H2,1-3H3,(H,15,16,17). The van der Waals surface area contributed by atoms with Crippen molar-refractivity contribution in [2.24, 2.45) is 5.92 Å². The fourth-order valence-corrected chi connectivity index (χ4v) is 2.53. The zero-order valence-corrected chi connectivity index (χ0v) is 12.3. The summed E-state index contributed by atoms with van der Waals surface area (Å²) in [7, 11) is 1.91. The van der Waals surface area contributed by atoms with Crippen molar-refractivity contribution in [3.63, 3.8) is 0 Å². The molecule has 2 rings (SSSR count). The van der Waals surface area contributed by atoms with Crippen LogP contribution in [-0.2, 0) is 6.42 Å². The van der Waals surface area contributed by atoms with Gasteiger partial charge in [0.2, 0.25) is 0 Å². The van der Waals surface area contributed by atoms with E-state index in [0.29, 0.717) is 11.8 Å². The molecule has 1 aliphatic carbocycles. The Morgan fingerprint density at radius 3 is 2.59 bits per heavy atom. The Hall–Kier alpha value is -0.640. The molecule has 1 aliphatic rings. The van der Waals surface area contributed by atoms with Crippen molar-refractivity contribution in [1.29, 1.82) is 0 Å². The SMILES string of the molecule is CNc1nc(CCC(C)C)nc(C2CC2)c1Br. The molecule has 0 bridgehead atoms. The van der Waals surface area contributed by atoms with E-state index in [1.54, 1.807) is 0 Å². The summed E-state index contributed by atoms with van der Waals surface area (Å²) in [6.45, 7) is 4.47. The summed E-state index contributed by atoms with van der Waals surface area (Å²) in [5.74, 6) is 3.26. The number of rotatable bonds is 5. The third kappa shape index (κ3) is 3.18. The Balaban J connectivity index is 2.23. The van der Waals surface area contributed by atoms with Gasteiger partial charge in [-0.1, -0.05) is 13.8 Å². The molecule has 1 saturated carbocycles. The molecule has 0 amide bonds. The molecule has 0 unspecified atom stereocenters. The minimum atomic E-state index is 0.650. The van der Waals surface area contributed by atoms with Gasteiger partial charge in [0.05, 0.1) is 10.2 Å². The van der Waals surface area contributed by atoms with Crippen molar-refractivity contribution >= 4 is 21.7 Å². The van der Waals surface area contributed by atoms with Gasteiger partial charge in [-0.05, 0) is 41.1 Å². The molecule has 3 nitrogen and oxygen atoms in total. The van der Waals surface area contributed by atoms with E-state index in [2.05, 4.69) is 40.1 Å². The highest BCUT2D eigenvalue weighted by Gasteiger charge is 2.29. The summed E-state index contributed by atoms with van der Waals surface area (Å²) in [6.07, 6.45) is 4.65. The number of anilines is 1. The predicted molar refractivity (Wildman–Crippen MR) is 74.4 cm³/mol. The van der Waals surface area contributed by atoms with Crippen LogP contribution in [-0.4, -0.2) is 17.0 Å². The van der Waals surface area contributed by atoms with E-state index >= 15 is 0 Å². The first-order valence-electron chi connectivity index (χ1n) is 6.36. The Labute approximate surface area is 112 Å². The maximum Gasteiger partial charge on any atom is 0.144 e. The van der Waals surface area contributed by atoms with Gasteiger partial charge in [-0.3, -0.25) is 0 Å². The summed E-state index contributed by atoms with van der Waals surface area (Å²) in [4.78, 5) is 9.28. The van der Waals surface area contributed by atoms with Gasteiger partial charge in [0.15, 0.2) is 0 Å². The summed E-state index contributed by atoms with van der Waals surface area (Å²) < 4.78 is 1.05. The lowest BCUT2D eigenvalue weighted by Gasteiger charge is -2.11. The van der Waals surface area contributed by atoms with Gasteiger partial charge in [-0.2, -0.15) is 0 Å². The average Bonchev–Trinajstić information content (AvgIpc) is 3.11. The summed E-state index contributed by atoms with van der Waals surface area (Å²) >= 11 is 3.61. The summed E-state index contributed by atoms with van der Waals surface area (Å²) in [5, 5.41) is 3.15. The lowest BCUT2D eigenvalue weighted by molar-refractivity contribution is 0.573. The first-order valence-corrected chi connectivity index (χ1v) is 7.15. The Bertz CT molecular complexity index is 400. The highest BCUT2D eigenvalue weighted by atomic mass is 79.9. The quantitative estimate of drug-likeness (QED) is 0.899. The molecule has 1 heterocycles. The number of nitrogens with zero attached hydrogens (tertiary/aromatic N) is 2. The van der Waals surface area contributed by atoms with Crippen LogP contribution >= 0.6 is 15.9 Å². The van der Waals surface area contributed by atoms with Gasteiger partial charge in [0, 0.05) is 19.4 Å². The molecule has 0 aromatic carbocycles. The second kappa shape index (κ2) is 5.34. The van der Waals surface area contributed by atoms with Crippen LogP contribution in [0.5, 0.6) is 0 Å². The van der Waals surface area contributed by atoms with Crippen LogP contribution in [0.2, 0.25) is 0 Å². The molecule has 0 aliphatic heterocycles. The van der Waals surface area contributed by atoms with Crippen molar-refractivity contribution in [3.8, 4) is 0 Å². The first-order chi connectivity index (χ1) is 8.11. The smallest absolute Gasteiger partial charge is 0.144 e. The number of nitrogens with one attached hydrogen (secondary N) is 1. The normalized spacial score (nSPS) is 15.4. The van der Waals surface area contributed by atoms with E-state index in [-0.39, 0.29) is 0 Å². The molecule has 0 radical (unpaired) electrons. The zero-order chi connectivity index (χ0) is 12.4. The van der Waals surface area contributed by atoms with E-state index < -0.39 is 0 Å². The van der Waals surface area contributed by atoms with Gasteiger partial charge in [0.1, 0.15) is 11.6 Å². The van der Waals surface area contributed by atoms with Crippen LogP contribution in [0.1, 0.15) is 50.5 Å². The fourth-order valence-electron chi connectivity index (χ4n) is 1.84. The van der Waals surface area contributed by atoms with Gasteiger partial charge < -0.3 is 5.32 Å². The van der Waals surface area contributed by atoms with Crippen LogP contribution in [0.25, 0.3) is 0 Å². The number of aryl methyl sites for hydroxylation is 1.